The largest absolute Gasteiger partial charge is 0.467 e. The smallest absolute Gasteiger partial charge is 0.328 e. The lowest BCUT2D eigenvalue weighted by atomic mass is 9.96. The first-order chi connectivity index (χ1) is 11.9. The van der Waals surface area contributed by atoms with Crippen molar-refractivity contribution in [3.63, 3.8) is 0 Å². The molecule has 2 atom stereocenters. The first-order valence-electron chi connectivity index (χ1n) is 8.62. The van der Waals surface area contributed by atoms with Gasteiger partial charge in [-0.3, -0.25) is 9.69 Å². The Morgan fingerprint density at radius 1 is 1.36 bits per heavy atom. The molecule has 2 aromatic rings. The zero-order valence-corrected chi connectivity index (χ0v) is 15.0. The van der Waals surface area contributed by atoms with Crippen LogP contribution in [0, 0.1) is 0 Å². The number of nitrogens with one attached hydrogen (secondary N) is 1. The molecule has 0 saturated carbocycles. The molecule has 1 N–H and O–H groups in total. The molecule has 0 bridgehead atoms. The lowest BCUT2D eigenvalue weighted by Crippen LogP contribution is -2.55. The van der Waals surface area contributed by atoms with Crippen molar-refractivity contribution >= 4 is 22.8 Å². The van der Waals surface area contributed by atoms with Crippen molar-refractivity contribution in [3.05, 3.63) is 35.5 Å². The van der Waals surface area contributed by atoms with Crippen LogP contribution in [-0.4, -0.2) is 51.5 Å². The van der Waals surface area contributed by atoms with Crippen LogP contribution in [0.2, 0.25) is 0 Å². The van der Waals surface area contributed by atoms with Crippen molar-refractivity contribution in [1.29, 1.82) is 0 Å². The van der Waals surface area contributed by atoms with Crippen molar-refractivity contribution in [2.45, 2.75) is 51.5 Å². The fourth-order valence-corrected chi connectivity index (χ4v) is 4.51. The van der Waals surface area contributed by atoms with Crippen LogP contribution in [0.1, 0.15) is 32.0 Å². The number of nitrogens with zero attached hydrogens (tertiary/aromatic N) is 2. The summed E-state index contributed by atoms with van der Waals surface area (Å²) >= 11 is 0. The second-order valence-corrected chi connectivity index (χ2v) is 7.38. The summed E-state index contributed by atoms with van der Waals surface area (Å²) in [6.45, 7) is 6.40. The number of aromatic amines is 1. The number of hydrogen-bond acceptors (Lipinski definition) is 4. The van der Waals surface area contributed by atoms with Gasteiger partial charge in [-0.15, -0.1) is 0 Å². The van der Waals surface area contributed by atoms with Gasteiger partial charge in [-0.05, 0) is 38.8 Å². The molecule has 6 nitrogen and oxygen atoms in total. The maximum absolute atomic E-state index is 13.2. The molecule has 1 amide bonds. The zero-order chi connectivity index (χ0) is 17.9. The Morgan fingerprint density at radius 3 is 2.80 bits per heavy atom. The van der Waals surface area contributed by atoms with Gasteiger partial charge in [0.25, 0.3) is 0 Å². The molecular weight excluding hydrogens is 318 g/mol. The van der Waals surface area contributed by atoms with Crippen molar-refractivity contribution in [3.8, 4) is 0 Å². The van der Waals surface area contributed by atoms with Gasteiger partial charge in [0.1, 0.15) is 6.04 Å². The van der Waals surface area contributed by atoms with Crippen LogP contribution in [0.25, 0.3) is 10.9 Å². The Kier molecular flexibility index (Phi) is 3.44. The van der Waals surface area contributed by atoms with Gasteiger partial charge in [-0.1, -0.05) is 18.2 Å². The maximum atomic E-state index is 13.2. The topological polar surface area (TPSA) is 65.6 Å². The van der Waals surface area contributed by atoms with E-state index in [4.69, 9.17) is 4.74 Å². The Balaban J connectivity index is 1.75. The van der Waals surface area contributed by atoms with Gasteiger partial charge in [0.05, 0.1) is 18.8 Å². The molecule has 4 rings (SSSR count). The zero-order valence-electron chi connectivity index (χ0n) is 15.0. The van der Waals surface area contributed by atoms with Crippen LogP contribution in [0.5, 0.6) is 0 Å². The molecular formula is C19H23N3O3. The average molecular weight is 341 g/mol. The van der Waals surface area contributed by atoms with Crippen LogP contribution >= 0.6 is 0 Å². The van der Waals surface area contributed by atoms with Gasteiger partial charge < -0.3 is 14.6 Å². The number of carbonyl (C=O) groups is 2. The van der Waals surface area contributed by atoms with Crippen molar-refractivity contribution in [2.24, 2.45) is 0 Å². The molecule has 132 valence electrons. The fourth-order valence-electron chi connectivity index (χ4n) is 4.51. The molecule has 1 fully saturated rings. The summed E-state index contributed by atoms with van der Waals surface area (Å²) in [5.74, 6) is -0.385. The number of hydrogen-bond donors (Lipinski definition) is 1. The van der Waals surface area contributed by atoms with E-state index in [1.807, 2.05) is 26.0 Å². The average Bonchev–Trinajstić information content (AvgIpc) is 3.05. The highest BCUT2D eigenvalue weighted by Crippen LogP contribution is 2.41. The lowest BCUT2D eigenvalue weighted by Gasteiger charge is -2.41. The summed E-state index contributed by atoms with van der Waals surface area (Å²) in [4.78, 5) is 32.6. The van der Waals surface area contributed by atoms with Crippen LogP contribution < -0.4 is 0 Å². The van der Waals surface area contributed by atoms with E-state index in [9.17, 15) is 9.59 Å². The standard InChI is InChI=1S/C19H23N3O3/c1-11(18(24)25-4)22-17(23)16-9-13-12-7-5-6-8-14(12)20-15(13)10-21(16)19(22,2)3/h5-8,11,16,20H,9-10H2,1-4H3/t11-,16-/m0/s1. The first kappa shape index (κ1) is 16.1. The SMILES string of the molecule is COC(=O)[C@H](C)N1C(=O)[C@@H]2Cc3c([nH]c4ccccc34)CN2C1(C)C. The molecule has 0 spiro atoms. The number of fused-ring (bicyclic) bond motifs is 4. The second-order valence-electron chi connectivity index (χ2n) is 7.38. The van der Waals surface area contributed by atoms with Crippen LogP contribution in [0.15, 0.2) is 24.3 Å². The van der Waals surface area contributed by atoms with E-state index in [1.165, 1.54) is 18.1 Å². The van der Waals surface area contributed by atoms with E-state index in [0.29, 0.717) is 13.0 Å². The third-order valence-electron chi connectivity index (χ3n) is 5.75. The summed E-state index contributed by atoms with van der Waals surface area (Å²) in [7, 11) is 1.36. The monoisotopic (exact) mass is 341 g/mol. The second kappa shape index (κ2) is 5.33. The number of esters is 1. The van der Waals surface area contributed by atoms with Crippen LogP contribution in [0.3, 0.4) is 0 Å². The van der Waals surface area contributed by atoms with Crippen molar-refractivity contribution in [2.75, 3.05) is 7.11 Å². The maximum Gasteiger partial charge on any atom is 0.328 e. The summed E-state index contributed by atoms with van der Waals surface area (Å²) in [5, 5.41) is 1.18. The summed E-state index contributed by atoms with van der Waals surface area (Å²) in [6.07, 6.45) is 0.659. The highest BCUT2D eigenvalue weighted by Gasteiger charge is 2.55. The number of amides is 1. The number of benzene rings is 1. The third-order valence-corrected chi connectivity index (χ3v) is 5.75. The fraction of sp³-hybridized carbons (Fsp3) is 0.474. The Labute approximate surface area is 146 Å². The molecule has 2 aliphatic heterocycles. The Morgan fingerprint density at radius 2 is 2.08 bits per heavy atom. The van der Waals surface area contributed by atoms with Gasteiger partial charge in [-0.25, -0.2) is 4.79 Å². The number of aromatic nitrogens is 1. The van der Waals surface area contributed by atoms with Gasteiger partial charge >= 0.3 is 5.97 Å². The van der Waals surface area contributed by atoms with Gasteiger partial charge in [0.15, 0.2) is 0 Å². The quantitative estimate of drug-likeness (QED) is 0.849. The molecule has 1 aromatic carbocycles. The molecule has 3 heterocycles. The molecule has 1 saturated heterocycles. The molecule has 1 aromatic heterocycles. The predicted octanol–water partition coefficient (Wildman–Crippen LogP) is 2.03. The highest BCUT2D eigenvalue weighted by molar-refractivity contribution is 5.92. The Hall–Kier alpha value is -2.34. The minimum Gasteiger partial charge on any atom is -0.467 e. The van der Waals surface area contributed by atoms with Crippen LogP contribution in [0.4, 0.5) is 0 Å². The van der Waals surface area contributed by atoms with E-state index in [2.05, 4.69) is 22.0 Å². The molecule has 0 unspecified atom stereocenters. The van der Waals surface area contributed by atoms with E-state index >= 15 is 0 Å². The number of rotatable bonds is 2. The van der Waals surface area contributed by atoms with Gasteiger partial charge in [0, 0.05) is 23.1 Å². The molecule has 0 radical (unpaired) electrons. The normalized spacial score (nSPS) is 23.4. The summed E-state index contributed by atoms with van der Waals surface area (Å²) < 4.78 is 4.87. The van der Waals surface area contributed by atoms with Gasteiger partial charge in [0.2, 0.25) is 5.91 Å². The summed E-state index contributed by atoms with van der Waals surface area (Å²) in [6, 6.07) is 7.36. The number of ether oxygens (including phenoxy) is 1. The molecule has 2 aliphatic rings. The molecule has 6 heteroatoms. The highest BCUT2D eigenvalue weighted by atomic mass is 16.5. The minimum atomic E-state index is -0.604. The van der Waals surface area contributed by atoms with E-state index in [0.717, 1.165) is 11.2 Å². The van der Waals surface area contributed by atoms with Gasteiger partial charge in [-0.2, -0.15) is 0 Å². The van der Waals surface area contributed by atoms with E-state index in [1.54, 1.807) is 11.8 Å². The van der Waals surface area contributed by atoms with E-state index in [-0.39, 0.29) is 17.9 Å². The van der Waals surface area contributed by atoms with Crippen molar-refractivity contribution < 1.29 is 14.3 Å². The number of H-pyrrole nitrogens is 1. The Bertz CT molecular complexity index is 870. The van der Waals surface area contributed by atoms with Crippen LogP contribution in [-0.2, 0) is 27.3 Å². The predicted molar refractivity (Wildman–Crippen MR) is 93.7 cm³/mol. The third kappa shape index (κ3) is 2.13. The first-order valence-corrected chi connectivity index (χ1v) is 8.62. The summed E-state index contributed by atoms with van der Waals surface area (Å²) in [5.41, 5.74) is 2.93. The number of para-hydroxylation sites is 1. The number of carbonyl (C=O) groups excluding carboxylic acids is 2. The van der Waals surface area contributed by atoms with Crippen molar-refractivity contribution in [1.82, 2.24) is 14.8 Å². The van der Waals surface area contributed by atoms with E-state index < -0.39 is 11.7 Å². The minimum absolute atomic E-state index is 0.00108. The molecule has 0 aliphatic carbocycles. The lowest BCUT2D eigenvalue weighted by molar-refractivity contribution is -0.154. The number of methoxy groups -OCH3 is 1. The molecule has 25 heavy (non-hydrogen) atoms.